The molecule has 0 unspecified atom stereocenters. The summed E-state index contributed by atoms with van der Waals surface area (Å²) in [5.41, 5.74) is 6.57. The molecule has 0 atom stereocenters. The zero-order valence-corrected chi connectivity index (χ0v) is 11.5. The van der Waals surface area contributed by atoms with Crippen molar-refractivity contribution in [3.63, 3.8) is 0 Å². The number of nitrogens with two attached hydrogens (primary N) is 1. The molecule has 0 aromatic heterocycles. The Morgan fingerprint density at radius 2 is 1.71 bits per heavy atom. The van der Waals surface area contributed by atoms with Gasteiger partial charge in [0.25, 0.3) is 0 Å². The number of rotatable bonds is 3. The minimum absolute atomic E-state index is 0.0596. The highest BCUT2D eigenvalue weighted by Gasteiger charge is 2.13. The number of halogens is 1. The number of aromatic carboxylic acids is 1. The number of carboxylic acids is 1. The molecule has 108 valence electrons. The summed E-state index contributed by atoms with van der Waals surface area (Å²) in [7, 11) is 0. The van der Waals surface area contributed by atoms with Crippen molar-refractivity contribution >= 4 is 40.7 Å². The minimum Gasteiger partial charge on any atom is -0.478 e. The van der Waals surface area contributed by atoms with Crippen molar-refractivity contribution in [2.75, 3.05) is 16.4 Å². The number of nitrogens with one attached hydrogen (secondary N) is 2. The van der Waals surface area contributed by atoms with Gasteiger partial charge in [-0.1, -0.05) is 23.7 Å². The number of nitrogen functional groups attached to an aromatic ring is 1. The Balaban J connectivity index is 2.18. The van der Waals surface area contributed by atoms with Crippen molar-refractivity contribution in [1.29, 1.82) is 0 Å². The van der Waals surface area contributed by atoms with E-state index in [9.17, 15) is 9.59 Å². The lowest BCUT2D eigenvalue weighted by atomic mass is 10.2. The van der Waals surface area contributed by atoms with Gasteiger partial charge in [-0.25, -0.2) is 9.59 Å². The molecule has 2 aromatic rings. The summed E-state index contributed by atoms with van der Waals surface area (Å²) in [5.74, 6) is -1.17. The fraction of sp³-hybridized carbons (Fsp3) is 0. The van der Waals surface area contributed by atoms with Crippen LogP contribution in [-0.2, 0) is 0 Å². The summed E-state index contributed by atoms with van der Waals surface area (Å²) in [6.45, 7) is 0. The highest BCUT2D eigenvalue weighted by molar-refractivity contribution is 6.31. The van der Waals surface area contributed by atoms with E-state index in [1.165, 1.54) is 18.2 Å². The first kappa shape index (κ1) is 14.7. The van der Waals surface area contributed by atoms with Crippen LogP contribution >= 0.6 is 11.6 Å². The highest BCUT2D eigenvalue weighted by atomic mass is 35.5. The smallest absolute Gasteiger partial charge is 0.337 e. The maximum atomic E-state index is 11.9. The fourth-order valence-corrected chi connectivity index (χ4v) is 1.87. The molecule has 21 heavy (non-hydrogen) atoms. The molecule has 6 nitrogen and oxygen atoms in total. The van der Waals surface area contributed by atoms with Gasteiger partial charge >= 0.3 is 12.0 Å². The Morgan fingerprint density at radius 3 is 2.38 bits per heavy atom. The summed E-state index contributed by atoms with van der Waals surface area (Å²) >= 11 is 5.81. The number of urea groups is 1. The Hall–Kier alpha value is -2.73. The van der Waals surface area contributed by atoms with Gasteiger partial charge in [0.05, 0.1) is 22.6 Å². The molecule has 0 radical (unpaired) electrons. The van der Waals surface area contributed by atoms with Crippen LogP contribution in [0.4, 0.5) is 21.9 Å². The van der Waals surface area contributed by atoms with Gasteiger partial charge in [-0.05, 0) is 30.3 Å². The van der Waals surface area contributed by atoms with E-state index in [4.69, 9.17) is 22.4 Å². The molecule has 2 rings (SSSR count). The van der Waals surface area contributed by atoms with Crippen molar-refractivity contribution in [1.82, 2.24) is 0 Å². The van der Waals surface area contributed by atoms with Crippen LogP contribution < -0.4 is 16.4 Å². The average molecular weight is 306 g/mol. The molecule has 0 aliphatic carbocycles. The lowest BCUT2D eigenvalue weighted by molar-refractivity contribution is 0.0698. The summed E-state index contributed by atoms with van der Waals surface area (Å²) in [6, 6.07) is 10.2. The number of carboxylic acid groups (broad SMARTS) is 1. The number of carbonyl (C=O) groups excluding carboxylic acids is 1. The van der Waals surface area contributed by atoms with E-state index in [2.05, 4.69) is 10.6 Å². The molecule has 2 amide bonds. The lowest BCUT2D eigenvalue weighted by Crippen LogP contribution is -2.21. The van der Waals surface area contributed by atoms with E-state index in [0.29, 0.717) is 16.4 Å². The zero-order chi connectivity index (χ0) is 15.4. The molecule has 0 fully saturated rings. The molecule has 0 bridgehead atoms. The average Bonchev–Trinajstić information content (AvgIpc) is 2.41. The highest BCUT2D eigenvalue weighted by Crippen LogP contribution is 2.22. The normalized spacial score (nSPS) is 9.95. The van der Waals surface area contributed by atoms with Gasteiger partial charge in [-0.15, -0.1) is 0 Å². The molecule has 0 heterocycles. The van der Waals surface area contributed by atoms with Crippen molar-refractivity contribution in [2.24, 2.45) is 0 Å². The molecular formula is C14H12ClN3O3. The fourth-order valence-electron chi connectivity index (χ4n) is 1.69. The van der Waals surface area contributed by atoms with Crippen LogP contribution in [0.15, 0.2) is 42.5 Å². The topological polar surface area (TPSA) is 104 Å². The number of hydrogen-bond acceptors (Lipinski definition) is 3. The molecule has 0 aliphatic heterocycles. The van der Waals surface area contributed by atoms with Gasteiger partial charge in [0.1, 0.15) is 0 Å². The van der Waals surface area contributed by atoms with Crippen LogP contribution in [0, 0.1) is 0 Å². The first-order valence-corrected chi connectivity index (χ1v) is 6.30. The van der Waals surface area contributed by atoms with Gasteiger partial charge < -0.3 is 21.5 Å². The van der Waals surface area contributed by atoms with Crippen molar-refractivity contribution < 1.29 is 14.7 Å². The molecule has 7 heteroatoms. The lowest BCUT2D eigenvalue weighted by Gasteiger charge is -2.11. The van der Waals surface area contributed by atoms with Crippen LogP contribution in [0.2, 0.25) is 5.02 Å². The third kappa shape index (κ3) is 3.64. The predicted molar refractivity (Wildman–Crippen MR) is 81.9 cm³/mol. The van der Waals surface area contributed by atoms with E-state index in [0.717, 1.165) is 0 Å². The Bertz CT molecular complexity index is 704. The first-order chi connectivity index (χ1) is 9.97. The molecule has 0 saturated heterocycles. The molecule has 0 saturated carbocycles. The Kier molecular flexibility index (Phi) is 4.30. The first-order valence-electron chi connectivity index (χ1n) is 5.92. The third-order valence-electron chi connectivity index (χ3n) is 2.67. The summed E-state index contributed by atoms with van der Waals surface area (Å²) in [4.78, 5) is 23.0. The summed E-state index contributed by atoms with van der Waals surface area (Å²) in [6.07, 6.45) is 0. The maximum Gasteiger partial charge on any atom is 0.337 e. The molecule has 2 aromatic carbocycles. The number of anilines is 3. The standard InChI is InChI=1S/C14H12ClN3O3/c15-8-5-6-9(13(19)20)12(7-8)18-14(21)17-11-4-2-1-3-10(11)16/h1-7H,16H2,(H,19,20)(H2,17,18,21). The molecular weight excluding hydrogens is 294 g/mol. The second-order valence-corrected chi connectivity index (χ2v) is 4.60. The third-order valence-corrected chi connectivity index (χ3v) is 2.90. The van der Waals surface area contributed by atoms with Crippen LogP contribution in [0.25, 0.3) is 0 Å². The Labute approximate surface area is 125 Å². The predicted octanol–water partition coefficient (Wildman–Crippen LogP) is 3.26. The van der Waals surface area contributed by atoms with E-state index < -0.39 is 12.0 Å². The molecule has 0 aliphatic rings. The summed E-state index contributed by atoms with van der Waals surface area (Å²) in [5, 5.41) is 14.4. The van der Waals surface area contributed by atoms with Gasteiger partial charge in [0, 0.05) is 5.02 Å². The number of para-hydroxylation sites is 2. The molecule has 0 spiro atoms. The zero-order valence-electron chi connectivity index (χ0n) is 10.8. The number of benzene rings is 2. The van der Waals surface area contributed by atoms with E-state index in [1.807, 2.05) is 0 Å². The number of amides is 2. The van der Waals surface area contributed by atoms with Gasteiger partial charge in [-0.3, -0.25) is 0 Å². The quantitative estimate of drug-likeness (QED) is 0.653. The SMILES string of the molecule is Nc1ccccc1NC(=O)Nc1cc(Cl)ccc1C(=O)O. The summed E-state index contributed by atoms with van der Waals surface area (Å²) < 4.78 is 0. The van der Waals surface area contributed by atoms with Crippen molar-refractivity contribution in [3.05, 3.63) is 53.1 Å². The monoisotopic (exact) mass is 305 g/mol. The molecule has 5 N–H and O–H groups in total. The second kappa shape index (κ2) is 6.15. The Morgan fingerprint density at radius 1 is 1.05 bits per heavy atom. The van der Waals surface area contributed by atoms with Gasteiger partial charge in [0.2, 0.25) is 0 Å². The van der Waals surface area contributed by atoms with Gasteiger partial charge in [0.15, 0.2) is 0 Å². The minimum atomic E-state index is -1.17. The van der Waals surface area contributed by atoms with E-state index >= 15 is 0 Å². The maximum absolute atomic E-state index is 11.9. The van der Waals surface area contributed by atoms with Crippen LogP contribution in [0.1, 0.15) is 10.4 Å². The second-order valence-electron chi connectivity index (χ2n) is 4.16. The van der Waals surface area contributed by atoms with Crippen LogP contribution in [-0.4, -0.2) is 17.1 Å². The van der Waals surface area contributed by atoms with Crippen LogP contribution in [0.5, 0.6) is 0 Å². The van der Waals surface area contributed by atoms with Crippen molar-refractivity contribution in [3.8, 4) is 0 Å². The van der Waals surface area contributed by atoms with Crippen molar-refractivity contribution in [2.45, 2.75) is 0 Å². The largest absolute Gasteiger partial charge is 0.478 e. The van der Waals surface area contributed by atoms with Gasteiger partial charge in [-0.2, -0.15) is 0 Å². The van der Waals surface area contributed by atoms with E-state index in [1.54, 1.807) is 24.3 Å². The number of carbonyl (C=O) groups is 2. The number of hydrogen-bond donors (Lipinski definition) is 4. The van der Waals surface area contributed by atoms with E-state index in [-0.39, 0.29) is 11.3 Å². The van der Waals surface area contributed by atoms with Crippen LogP contribution in [0.3, 0.4) is 0 Å².